The number of ether oxygens (including phenoxy) is 2. The highest BCUT2D eigenvalue weighted by atomic mass is 16.5. The number of carbonyl (C=O) groups excluding carboxylic acids is 2. The zero-order valence-corrected chi connectivity index (χ0v) is 19.7. The van der Waals surface area contributed by atoms with Crippen LogP contribution in [0, 0.1) is 11.8 Å². The first-order chi connectivity index (χ1) is 13.9. The second-order valence-electron chi connectivity index (χ2n) is 8.78. The van der Waals surface area contributed by atoms with Gasteiger partial charge in [0.2, 0.25) is 0 Å². The van der Waals surface area contributed by atoms with Gasteiger partial charge in [-0.25, -0.2) is 9.59 Å². The summed E-state index contributed by atoms with van der Waals surface area (Å²) in [5, 5.41) is 0. The standard InChI is InChI=1S/C25H46O4/c1-6-7-8-9-10-11-12-13-14-15-16-17-20-28-23(26)18-19-24(27)29-25(21(2)3)22(4)5/h18-19,21-22,25H,6-17,20H2,1-5H3/b19-18+. The van der Waals surface area contributed by atoms with Crippen LogP contribution >= 0.6 is 0 Å². The molecular formula is C25H46O4. The lowest BCUT2D eigenvalue weighted by Gasteiger charge is -2.24. The fraction of sp³-hybridized carbons (Fsp3) is 0.840. The highest BCUT2D eigenvalue weighted by molar-refractivity contribution is 5.91. The van der Waals surface area contributed by atoms with Gasteiger partial charge in [-0.3, -0.25) is 0 Å². The summed E-state index contributed by atoms with van der Waals surface area (Å²) in [5.74, 6) is -0.481. The van der Waals surface area contributed by atoms with E-state index in [9.17, 15) is 9.59 Å². The summed E-state index contributed by atoms with van der Waals surface area (Å²) in [6.07, 6.45) is 17.5. The van der Waals surface area contributed by atoms with E-state index in [4.69, 9.17) is 9.47 Å². The average molecular weight is 411 g/mol. The zero-order chi connectivity index (χ0) is 21.9. The van der Waals surface area contributed by atoms with Crippen molar-refractivity contribution in [3.05, 3.63) is 12.2 Å². The Kier molecular flexibility index (Phi) is 17.8. The van der Waals surface area contributed by atoms with Crippen molar-refractivity contribution in [2.24, 2.45) is 11.8 Å². The molecule has 0 aromatic rings. The maximum Gasteiger partial charge on any atom is 0.331 e. The van der Waals surface area contributed by atoms with E-state index in [1.54, 1.807) is 0 Å². The van der Waals surface area contributed by atoms with Crippen LogP contribution in [0.5, 0.6) is 0 Å². The van der Waals surface area contributed by atoms with Crippen molar-refractivity contribution in [1.29, 1.82) is 0 Å². The number of rotatable bonds is 18. The normalized spacial score (nSPS) is 11.7. The van der Waals surface area contributed by atoms with Crippen molar-refractivity contribution >= 4 is 11.9 Å². The molecular weight excluding hydrogens is 364 g/mol. The van der Waals surface area contributed by atoms with Gasteiger partial charge in [-0.05, 0) is 18.3 Å². The van der Waals surface area contributed by atoms with E-state index in [0.717, 1.165) is 12.8 Å². The molecule has 0 aliphatic heterocycles. The van der Waals surface area contributed by atoms with E-state index in [-0.39, 0.29) is 17.9 Å². The summed E-state index contributed by atoms with van der Waals surface area (Å²) in [4.78, 5) is 23.5. The molecule has 0 radical (unpaired) electrons. The first-order valence-electron chi connectivity index (χ1n) is 11.9. The quantitative estimate of drug-likeness (QED) is 0.138. The Hall–Kier alpha value is -1.32. The molecule has 0 saturated heterocycles. The van der Waals surface area contributed by atoms with Gasteiger partial charge >= 0.3 is 11.9 Å². The van der Waals surface area contributed by atoms with Gasteiger partial charge in [0, 0.05) is 12.2 Å². The Balaban J connectivity index is 3.62. The van der Waals surface area contributed by atoms with E-state index in [0.29, 0.717) is 6.61 Å². The summed E-state index contributed by atoms with van der Waals surface area (Å²) >= 11 is 0. The van der Waals surface area contributed by atoms with Gasteiger partial charge in [0.15, 0.2) is 0 Å². The molecule has 0 unspecified atom stereocenters. The van der Waals surface area contributed by atoms with Crippen molar-refractivity contribution in [1.82, 2.24) is 0 Å². The summed E-state index contributed by atoms with van der Waals surface area (Å²) in [6, 6.07) is 0. The second-order valence-corrected chi connectivity index (χ2v) is 8.78. The molecule has 0 amide bonds. The fourth-order valence-corrected chi connectivity index (χ4v) is 3.52. The Morgan fingerprint density at radius 2 is 1.07 bits per heavy atom. The van der Waals surface area contributed by atoms with E-state index in [1.165, 1.54) is 76.4 Å². The number of hydrogen-bond donors (Lipinski definition) is 0. The molecule has 0 heterocycles. The highest BCUT2D eigenvalue weighted by Gasteiger charge is 2.20. The Bertz CT molecular complexity index is 432. The molecule has 0 aromatic carbocycles. The molecule has 0 aromatic heterocycles. The minimum absolute atomic E-state index is 0.149. The first kappa shape index (κ1) is 27.7. The molecule has 0 fully saturated rings. The molecule has 170 valence electrons. The van der Waals surface area contributed by atoms with E-state index >= 15 is 0 Å². The third kappa shape index (κ3) is 17.3. The summed E-state index contributed by atoms with van der Waals surface area (Å²) in [7, 11) is 0. The predicted octanol–water partition coefficient (Wildman–Crippen LogP) is 7.01. The van der Waals surface area contributed by atoms with Crippen LogP contribution in [0.2, 0.25) is 0 Å². The average Bonchev–Trinajstić information content (AvgIpc) is 2.67. The van der Waals surface area contributed by atoms with E-state index in [2.05, 4.69) is 6.92 Å². The van der Waals surface area contributed by atoms with Gasteiger partial charge in [-0.2, -0.15) is 0 Å². The first-order valence-corrected chi connectivity index (χ1v) is 11.9. The lowest BCUT2D eigenvalue weighted by molar-refractivity contribution is -0.148. The highest BCUT2D eigenvalue weighted by Crippen LogP contribution is 2.16. The summed E-state index contributed by atoms with van der Waals surface area (Å²) in [6.45, 7) is 10.7. The Morgan fingerprint density at radius 1 is 0.655 bits per heavy atom. The van der Waals surface area contributed by atoms with Crippen LogP contribution in [0.4, 0.5) is 0 Å². The zero-order valence-electron chi connectivity index (χ0n) is 19.7. The van der Waals surface area contributed by atoms with Crippen molar-refractivity contribution in [2.45, 2.75) is 118 Å². The molecule has 4 nitrogen and oxygen atoms in total. The number of hydrogen-bond acceptors (Lipinski definition) is 4. The maximum atomic E-state index is 11.8. The molecule has 0 N–H and O–H groups in total. The molecule has 0 aliphatic rings. The summed E-state index contributed by atoms with van der Waals surface area (Å²) in [5.41, 5.74) is 0. The number of unbranched alkanes of at least 4 members (excludes halogenated alkanes) is 11. The number of esters is 2. The van der Waals surface area contributed by atoms with Crippen LogP contribution in [0.3, 0.4) is 0 Å². The molecule has 4 heteroatoms. The monoisotopic (exact) mass is 410 g/mol. The lowest BCUT2D eigenvalue weighted by atomic mass is 9.96. The van der Waals surface area contributed by atoms with Crippen LogP contribution in [0.15, 0.2) is 12.2 Å². The smallest absolute Gasteiger partial charge is 0.331 e. The van der Waals surface area contributed by atoms with Gasteiger partial charge in [-0.15, -0.1) is 0 Å². The SMILES string of the molecule is CCCCCCCCCCCCCCOC(=O)/C=C/C(=O)OC(C(C)C)C(C)C. The van der Waals surface area contributed by atoms with Crippen molar-refractivity contribution < 1.29 is 19.1 Å². The molecule has 0 saturated carbocycles. The fourth-order valence-electron chi connectivity index (χ4n) is 3.52. The topological polar surface area (TPSA) is 52.6 Å². The molecule has 0 spiro atoms. The number of carbonyl (C=O) groups is 2. The van der Waals surface area contributed by atoms with Crippen molar-refractivity contribution in [3.63, 3.8) is 0 Å². The van der Waals surface area contributed by atoms with Gasteiger partial charge in [-0.1, -0.05) is 105 Å². The van der Waals surface area contributed by atoms with Gasteiger partial charge < -0.3 is 9.47 Å². The summed E-state index contributed by atoms with van der Waals surface area (Å²) < 4.78 is 10.6. The van der Waals surface area contributed by atoms with Crippen molar-refractivity contribution in [2.75, 3.05) is 6.61 Å². The van der Waals surface area contributed by atoms with Gasteiger partial charge in [0.25, 0.3) is 0 Å². The molecule has 0 bridgehead atoms. The van der Waals surface area contributed by atoms with Crippen LogP contribution in [-0.2, 0) is 19.1 Å². The largest absolute Gasteiger partial charge is 0.463 e. The van der Waals surface area contributed by atoms with Gasteiger partial charge in [0.05, 0.1) is 6.61 Å². The minimum atomic E-state index is -0.486. The third-order valence-corrected chi connectivity index (χ3v) is 5.16. The molecule has 0 aliphatic carbocycles. The van der Waals surface area contributed by atoms with E-state index < -0.39 is 11.9 Å². The molecule has 0 rings (SSSR count). The second kappa shape index (κ2) is 18.7. The van der Waals surface area contributed by atoms with Crippen LogP contribution in [0.25, 0.3) is 0 Å². The molecule has 29 heavy (non-hydrogen) atoms. The van der Waals surface area contributed by atoms with Crippen LogP contribution in [-0.4, -0.2) is 24.6 Å². The van der Waals surface area contributed by atoms with Crippen LogP contribution < -0.4 is 0 Å². The minimum Gasteiger partial charge on any atom is -0.463 e. The van der Waals surface area contributed by atoms with Gasteiger partial charge in [0.1, 0.15) is 6.10 Å². The lowest BCUT2D eigenvalue weighted by Crippen LogP contribution is -2.28. The van der Waals surface area contributed by atoms with Crippen LogP contribution in [0.1, 0.15) is 112 Å². The van der Waals surface area contributed by atoms with E-state index in [1.807, 2.05) is 27.7 Å². The third-order valence-electron chi connectivity index (χ3n) is 5.16. The Morgan fingerprint density at radius 3 is 1.52 bits per heavy atom. The molecule has 0 atom stereocenters. The maximum absolute atomic E-state index is 11.8. The predicted molar refractivity (Wildman–Crippen MR) is 121 cm³/mol. The Labute approximate surface area is 179 Å². The van der Waals surface area contributed by atoms with Crippen molar-refractivity contribution in [3.8, 4) is 0 Å².